The number of piperidine rings is 1. The van der Waals surface area contributed by atoms with Crippen LogP contribution in [0.5, 0.6) is 5.75 Å². The van der Waals surface area contributed by atoms with Crippen molar-refractivity contribution in [3.8, 4) is 17.1 Å². The Morgan fingerprint density at radius 2 is 0.906 bits per heavy atom. The molecule has 13 rings (SSSR count). The molecule has 0 spiro atoms. The predicted octanol–water partition coefficient (Wildman–Crippen LogP) is 19.6. The molecule has 696 valence electrons. The van der Waals surface area contributed by atoms with Crippen molar-refractivity contribution in [2.45, 2.75) is 189 Å². The number of imidazole rings is 1. The molecule has 9 aromatic carbocycles. The number of nitrogens with one attached hydrogen (secondary N) is 1. The molecule has 3 aliphatic rings. The molecule has 1 amide bonds. The molecule has 1 aromatic heterocycles. The van der Waals surface area contributed by atoms with E-state index in [4.69, 9.17) is 14.6 Å². The van der Waals surface area contributed by atoms with E-state index in [1.54, 1.807) is 4.90 Å². The minimum Gasteiger partial charge on any atom is -0.872 e. The van der Waals surface area contributed by atoms with Crippen molar-refractivity contribution < 1.29 is 101 Å². The number of unbranched alkanes of at least 4 members (excludes halogenated alkanes) is 4. The number of benzene rings is 9. The van der Waals surface area contributed by atoms with Gasteiger partial charge in [-0.15, -0.1) is 0 Å². The summed E-state index contributed by atoms with van der Waals surface area (Å²) in [5.41, 5.74) is 2.64. The number of carbonyl (C=O) groups excluding carboxylic acids is 2. The Hall–Kier alpha value is -9.65. The fraction of sp³-hybridized carbons (Fsp3) is 0.389. The van der Waals surface area contributed by atoms with Gasteiger partial charge in [-0.1, -0.05) is 236 Å². The number of nitrogens with zero attached hydrogens (tertiary/aromatic N) is 6. The first kappa shape index (κ1) is 107. The lowest BCUT2D eigenvalue weighted by atomic mass is 10.1. The highest BCUT2D eigenvalue weighted by molar-refractivity contribution is 8.12. The van der Waals surface area contributed by atoms with Crippen molar-refractivity contribution in [1.82, 2.24) is 24.1 Å². The van der Waals surface area contributed by atoms with Gasteiger partial charge in [0.15, 0.2) is 39.4 Å². The number of carboxylic acids is 1. The van der Waals surface area contributed by atoms with Crippen LogP contribution < -0.4 is 5.11 Å². The third-order valence-corrected chi connectivity index (χ3v) is 30.1. The van der Waals surface area contributed by atoms with Crippen LogP contribution in [0.4, 0.5) is 31.1 Å². The largest absolute Gasteiger partial charge is 0.872 e. The summed E-state index contributed by atoms with van der Waals surface area (Å²) in [4.78, 5) is 52.4. The number of aromatic amines is 1. The molecule has 1 unspecified atom stereocenters. The van der Waals surface area contributed by atoms with Gasteiger partial charge >= 0.3 is 34.5 Å². The molecule has 0 saturated carbocycles. The Kier molecular flexibility index (Phi) is 43.2. The second kappa shape index (κ2) is 51.7. The monoisotopic (exact) mass is 1870 g/mol. The average Bonchev–Trinajstić information content (AvgIpc) is 0.796. The highest BCUT2D eigenvalue weighted by atomic mass is 32.3. The van der Waals surface area contributed by atoms with E-state index in [-0.39, 0.29) is 68.6 Å². The van der Waals surface area contributed by atoms with Crippen LogP contribution in [-0.4, -0.2) is 200 Å². The van der Waals surface area contributed by atoms with Crippen molar-refractivity contribution in [3.05, 3.63) is 271 Å². The molecule has 0 aliphatic carbocycles. The normalized spacial score (nSPS) is 14.8. The number of H-pyrrole nitrogens is 1. The Bertz CT molecular complexity index is 4920. The number of aromatic carboxylic acids is 1. The first-order valence-corrected chi connectivity index (χ1v) is 49.6. The lowest BCUT2D eigenvalue weighted by molar-refractivity contribution is -0.929. The van der Waals surface area contributed by atoms with Crippen LogP contribution in [0, 0.1) is 0 Å². The number of piperazine rings is 1. The fourth-order valence-corrected chi connectivity index (χ4v) is 21.5. The number of para-hydroxylation sites is 3. The number of hydrogen-bond acceptors (Lipinski definition) is 16. The third kappa shape index (κ3) is 31.3. The molecule has 3 aliphatic heterocycles. The summed E-state index contributed by atoms with van der Waals surface area (Å²) in [5, 5.41) is 14.8. The molecule has 4 heterocycles. The van der Waals surface area contributed by atoms with E-state index in [0.717, 1.165) is 28.8 Å². The van der Waals surface area contributed by atoms with E-state index in [0.29, 0.717) is 25.9 Å². The van der Waals surface area contributed by atoms with Crippen molar-refractivity contribution in [2.24, 2.45) is 0 Å². The van der Waals surface area contributed by atoms with Crippen molar-refractivity contribution >= 4 is 80.9 Å². The second-order valence-electron chi connectivity index (χ2n) is 30.9. The van der Waals surface area contributed by atoms with Gasteiger partial charge < -0.3 is 48.8 Å². The number of esters is 1. The second-order valence-corrected chi connectivity index (χ2v) is 40.5. The number of carboxylic acid groups (broad SMARTS) is 1. The van der Waals surface area contributed by atoms with Crippen molar-refractivity contribution in [2.75, 3.05) is 78.3 Å². The maximum Gasteiger partial charge on any atom is 0.428 e. The van der Waals surface area contributed by atoms with Gasteiger partial charge in [0.05, 0.1) is 87.3 Å². The smallest absolute Gasteiger partial charge is 0.428 e. The molecule has 4 N–H and O–H groups in total. The van der Waals surface area contributed by atoms with E-state index >= 15 is 0 Å². The van der Waals surface area contributed by atoms with Gasteiger partial charge in [-0.2, -0.15) is 30.6 Å². The highest BCUT2D eigenvalue weighted by Crippen LogP contribution is 2.53. The number of amides is 1. The summed E-state index contributed by atoms with van der Waals surface area (Å²) in [6.45, 7) is 19.4. The number of hydrogen-bond donors (Lipinski definition) is 3. The Morgan fingerprint density at radius 1 is 0.539 bits per heavy atom. The topological polar surface area (TPSA) is 318 Å². The minimum absolute atomic E-state index is 0. The van der Waals surface area contributed by atoms with Gasteiger partial charge in [-0.05, 0) is 150 Å². The zero-order valence-electron chi connectivity index (χ0n) is 73.5. The molecule has 33 heteroatoms. The molecule has 0 bridgehead atoms. The number of sulfonamides is 3. The Morgan fingerprint density at radius 3 is 1.24 bits per heavy atom. The first-order chi connectivity index (χ1) is 60.4. The van der Waals surface area contributed by atoms with Crippen molar-refractivity contribution in [1.29, 1.82) is 0 Å². The van der Waals surface area contributed by atoms with Gasteiger partial charge in [0.25, 0.3) is 10.0 Å². The number of fused-ring (bicyclic) bond motifs is 1. The van der Waals surface area contributed by atoms with Gasteiger partial charge in [0.2, 0.25) is 0 Å². The van der Waals surface area contributed by atoms with Crippen LogP contribution >= 0.6 is 0 Å². The standard InChI is InChI=1S/2C18H15S.C16H36N.C13H10N2.C12H16F6N3O8S3.C11H21NO3.C7H6O3.H2O/c2*1-4-10-16(11-5-1)19(17-12-6-2-7-13-17)18-14-8-3-9-15-18;1-5-9-13-17(14-10-6-2,15-11-7-3)16-12-8-4;1-2-6-10(7-3-1)13-14-11-8-4-5-9-12(11)15-13;1-30(23,24)19-31(25,26)11(15,16)10(13,14)12(17,18)32(27,28)21-5-3-20(4-6-21)8-2-7-29-9(8)22;1-4-11(2,3)15-10(14)12-7-5-9(13)6-8-12;8-6-4-2-1-3-5(6)7(9)10;/h2*1-15H;5-16H2,1-4H3;1-9H,(H,14,15);8H,2-7H2,1H3;9,13H,4-8H2,1-3H3;1-4,8H,(H,9,10);1H2/q3*+1;;-1;;;/p-2. The summed E-state index contributed by atoms with van der Waals surface area (Å²) in [6.07, 6.45) is 12.8. The maximum atomic E-state index is 14.3. The lowest BCUT2D eigenvalue weighted by Crippen LogP contribution is -2.64. The number of alkyl halides is 6. The van der Waals surface area contributed by atoms with E-state index in [1.807, 2.05) is 63.2 Å². The summed E-state index contributed by atoms with van der Waals surface area (Å²) in [6, 6.07) is 87.2. The number of likely N-dealkylation sites (tertiary alicyclic amines) is 1. The molecule has 0 radical (unpaired) electrons. The fourth-order valence-electron chi connectivity index (χ4n) is 13.5. The number of aliphatic hydroxyl groups excluding tert-OH is 1. The highest BCUT2D eigenvalue weighted by Gasteiger charge is 2.81. The zero-order valence-corrected chi connectivity index (χ0v) is 77.6. The van der Waals surface area contributed by atoms with Gasteiger partial charge in [0.1, 0.15) is 17.5 Å². The molecule has 10 aromatic rings. The number of rotatable bonds is 30. The first-order valence-electron chi connectivity index (χ1n) is 42.4. The zero-order chi connectivity index (χ0) is 92.9. The minimum atomic E-state index is -7.14. The van der Waals surface area contributed by atoms with Crippen LogP contribution in [0.2, 0.25) is 0 Å². The SMILES string of the molecule is CCC(C)(C)OC(=O)N1CCC(O)CC1.CCCC[N+](CCCC)(CCCC)CCCC.CS(=O)(=O)[N-]S(=O)(=O)C(F)(F)C(F)(F)C(F)(F)S(=O)(=O)N1CCN(C2CCOC2=O)CC1.O=C(O)c1ccccc1[O-].[OH-].c1ccc(-c2nc3ccccc3[nH]2)cc1.c1ccc([S+](c2ccccc2)c2ccccc2)cc1.c1ccc([S+](c2ccccc2)c2ccccc2)cc1. The quantitative estimate of drug-likeness (QED) is 0.0163. The number of aliphatic hydroxyl groups is 1. The number of aromatic nitrogens is 2. The van der Waals surface area contributed by atoms with Crippen LogP contribution in [0.3, 0.4) is 0 Å². The number of quaternary nitrogens is 1. The number of carbonyl (C=O) groups is 3. The lowest BCUT2D eigenvalue weighted by Gasteiger charge is -2.40. The molecular formula is C95H119F6N7O15S5. The molecule has 1 atom stereocenters. The van der Waals surface area contributed by atoms with Crippen LogP contribution in [0.1, 0.15) is 136 Å². The molecule has 3 fully saturated rings. The Labute approximate surface area is 755 Å². The van der Waals surface area contributed by atoms with Gasteiger partial charge in [-0.25, -0.2) is 39.8 Å². The Balaban J connectivity index is 0.000000236. The van der Waals surface area contributed by atoms with E-state index < -0.39 is 102 Å². The van der Waals surface area contributed by atoms with Gasteiger partial charge in [-0.3, -0.25) is 9.69 Å². The van der Waals surface area contributed by atoms with E-state index in [2.05, 4.69) is 232 Å². The third-order valence-electron chi connectivity index (χ3n) is 20.9. The van der Waals surface area contributed by atoms with Gasteiger partial charge in [0, 0.05) is 57.5 Å². The molecule has 128 heavy (non-hydrogen) atoms. The molecule has 22 nitrogen and oxygen atoms in total. The summed E-state index contributed by atoms with van der Waals surface area (Å²) >= 11 is 0. The number of cyclic esters (lactones) is 1. The molecule has 3 saturated heterocycles. The number of halogens is 6. The molecular weight excluding hydrogens is 1750 g/mol. The van der Waals surface area contributed by atoms with E-state index in [9.17, 15) is 76.2 Å². The average molecular weight is 1870 g/mol. The van der Waals surface area contributed by atoms with Crippen molar-refractivity contribution in [3.63, 3.8) is 0 Å². The predicted molar refractivity (Wildman–Crippen MR) is 490 cm³/mol. The summed E-state index contributed by atoms with van der Waals surface area (Å²) in [5.74, 6) is -8.48. The van der Waals surface area contributed by atoms with Crippen LogP contribution in [0.15, 0.2) is 290 Å². The van der Waals surface area contributed by atoms with E-state index in [1.165, 1.54) is 145 Å². The van der Waals surface area contributed by atoms with Crippen LogP contribution in [-0.2, 0) is 66.1 Å². The van der Waals surface area contributed by atoms with Crippen LogP contribution in [0.25, 0.3) is 26.5 Å². The number of ether oxygens (including phenoxy) is 2. The summed E-state index contributed by atoms with van der Waals surface area (Å²) < 4.78 is 166. The summed E-state index contributed by atoms with van der Waals surface area (Å²) in [7, 11) is -19.0. The maximum absolute atomic E-state index is 14.3.